The molecule has 0 radical (unpaired) electrons. The van der Waals surface area contributed by atoms with Crippen LogP contribution in [0.25, 0.3) is 0 Å². The number of nitrogens with zero attached hydrogens (tertiary/aromatic N) is 1. The van der Waals surface area contributed by atoms with Gasteiger partial charge in [0.2, 0.25) is 0 Å². The third kappa shape index (κ3) is 3.67. The summed E-state index contributed by atoms with van der Waals surface area (Å²) in [5, 5.41) is 8.82. The summed E-state index contributed by atoms with van der Waals surface area (Å²) in [4.78, 5) is 24.7. The van der Waals surface area contributed by atoms with Crippen molar-refractivity contribution in [2.24, 2.45) is 11.7 Å². The van der Waals surface area contributed by atoms with Crippen LogP contribution < -0.4 is 5.73 Å². The van der Waals surface area contributed by atoms with E-state index in [-0.39, 0.29) is 19.1 Å². The molecule has 0 spiro atoms. The Kier molecular flexibility index (Phi) is 5.37. The lowest BCUT2D eigenvalue weighted by Crippen LogP contribution is -2.48. The number of likely N-dealkylation sites (tertiary alicyclic amines) is 1. The molecule has 0 aromatic rings. The minimum Gasteiger partial charge on any atom is -0.464 e. The molecule has 2 unspecified atom stereocenters. The molecule has 1 aliphatic heterocycles. The largest absolute Gasteiger partial charge is 0.464 e. The Balaban J connectivity index is 2.45. The van der Waals surface area contributed by atoms with Crippen LogP contribution in [0.2, 0.25) is 0 Å². The maximum Gasteiger partial charge on any atom is 0.332 e. The molecule has 0 saturated carbocycles. The van der Waals surface area contributed by atoms with Crippen molar-refractivity contribution >= 4 is 11.9 Å². The first-order chi connectivity index (χ1) is 8.10. The molecule has 1 aliphatic rings. The van der Waals surface area contributed by atoms with E-state index >= 15 is 0 Å². The highest BCUT2D eigenvalue weighted by atomic mass is 16.5. The third-order valence-electron chi connectivity index (χ3n) is 2.94. The Morgan fingerprint density at radius 2 is 2.29 bits per heavy atom. The monoisotopic (exact) mass is 244 g/mol. The van der Waals surface area contributed by atoms with Gasteiger partial charge in [-0.2, -0.15) is 0 Å². The van der Waals surface area contributed by atoms with E-state index in [4.69, 9.17) is 15.6 Å². The van der Waals surface area contributed by atoms with Gasteiger partial charge < -0.3 is 20.5 Å². The van der Waals surface area contributed by atoms with E-state index in [0.717, 1.165) is 6.42 Å². The van der Waals surface area contributed by atoms with E-state index in [2.05, 4.69) is 0 Å². The summed E-state index contributed by atoms with van der Waals surface area (Å²) in [7, 11) is 0. The highest BCUT2D eigenvalue weighted by molar-refractivity contribution is 6.01. The van der Waals surface area contributed by atoms with Gasteiger partial charge in [0.1, 0.15) is 0 Å². The normalized spacial score (nSPS) is 21.4. The Hall–Kier alpha value is -1.14. The van der Waals surface area contributed by atoms with Crippen LogP contribution in [-0.4, -0.2) is 54.2 Å². The van der Waals surface area contributed by atoms with Gasteiger partial charge in [0, 0.05) is 19.7 Å². The number of aliphatic hydroxyl groups excluding tert-OH is 1. The van der Waals surface area contributed by atoms with Crippen LogP contribution >= 0.6 is 0 Å². The van der Waals surface area contributed by atoms with E-state index in [0.29, 0.717) is 25.4 Å². The average Bonchev–Trinajstić information content (AvgIpc) is 2.76. The molecule has 98 valence electrons. The molecule has 0 aromatic carbocycles. The van der Waals surface area contributed by atoms with Crippen molar-refractivity contribution in [2.45, 2.75) is 25.8 Å². The van der Waals surface area contributed by atoms with Crippen LogP contribution in [0.5, 0.6) is 0 Å². The van der Waals surface area contributed by atoms with Gasteiger partial charge >= 0.3 is 5.97 Å². The fourth-order valence-corrected chi connectivity index (χ4v) is 1.98. The number of aliphatic hydroxyl groups is 1. The fourth-order valence-electron chi connectivity index (χ4n) is 1.98. The van der Waals surface area contributed by atoms with E-state index in [1.165, 1.54) is 0 Å². The van der Waals surface area contributed by atoms with Gasteiger partial charge in [-0.3, -0.25) is 4.79 Å². The smallest absolute Gasteiger partial charge is 0.332 e. The van der Waals surface area contributed by atoms with Crippen molar-refractivity contribution in [1.29, 1.82) is 0 Å². The summed E-state index contributed by atoms with van der Waals surface area (Å²) < 4.78 is 4.71. The van der Waals surface area contributed by atoms with Crippen molar-refractivity contribution in [3.63, 3.8) is 0 Å². The van der Waals surface area contributed by atoms with Crippen molar-refractivity contribution in [1.82, 2.24) is 4.90 Å². The first-order valence-corrected chi connectivity index (χ1v) is 5.92. The van der Waals surface area contributed by atoms with Gasteiger partial charge in [-0.05, 0) is 25.7 Å². The number of nitrogens with two attached hydrogens (primary N) is 1. The van der Waals surface area contributed by atoms with Gasteiger partial charge in [0.05, 0.1) is 6.61 Å². The molecule has 1 fully saturated rings. The molecule has 1 rings (SSSR count). The zero-order valence-corrected chi connectivity index (χ0v) is 10.1. The molecule has 1 saturated heterocycles. The van der Waals surface area contributed by atoms with Crippen LogP contribution in [0.15, 0.2) is 0 Å². The van der Waals surface area contributed by atoms with Crippen molar-refractivity contribution in [3.05, 3.63) is 0 Å². The lowest BCUT2D eigenvalue weighted by atomic mass is 10.1. The summed E-state index contributed by atoms with van der Waals surface area (Å²) >= 11 is 0. The zero-order valence-electron chi connectivity index (χ0n) is 10.1. The lowest BCUT2D eigenvalue weighted by molar-refractivity contribution is -0.150. The van der Waals surface area contributed by atoms with Gasteiger partial charge in [0.15, 0.2) is 6.04 Å². The quantitative estimate of drug-likeness (QED) is 0.483. The number of carbonyl (C=O) groups is 2. The summed E-state index contributed by atoms with van der Waals surface area (Å²) in [5.41, 5.74) is 5.53. The molecule has 6 heteroatoms. The van der Waals surface area contributed by atoms with Crippen molar-refractivity contribution < 1.29 is 19.4 Å². The standard InChI is InChI=1S/C11H20N2O4/c1-2-17-11(16)9(12)10(15)13-5-3-8(7-13)4-6-14/h8-9,14H,2-7,12H2,1H3. The minimum atomic E-state index is -1.22. The number of ether oxygens (including phenoxy) is 1. The van der Waals surface area contributed by atoms with E-state index in [1.807, 2.05) is 0 Å². The maximum absolute atomic E-state index is 11.8. The van der Waals surface area contributed by atoms with E-state index < -0.39 is 12.0 Å². The number of carbonyl (C=O) groups excluding carboxylic acids is 2. The van der Waals surface area contributed by atoms with Crippen LogP contribution in [-0.2, 0) is 14.3 Å². The third-order valence-corrected chi connectivity index (χ3v) is 2.94. The van der Waals surface area contributed by atoms with E-state index in [9.17, 15) is 9.59 Å². The maximum atomic E-state index is 11.8. The first kappa shape index (κ1) is 13.9. The molecule has 2 atom stereocenters. The number of amides is 1. The highest BCUT2D eigenvalue weighted by Gasteiger charge is 2.32. The number of hydrogen-bond acceptors (Lipinski definition) is 5. The molecule has 0 bridgehead atoms. The predicted molar refractivity (Wildman–Crippen MR) is 61.0 cm³/mol. The number of rotatable bonds is 5. The predicted octanol–water partition coefficient (Wildman–Crippen LogP) is -0.892. The van der Waals surface area contributed by atoms with Crippen LogP contribution in [0.3, 0.4) is 0 Å². The molecular formula is C11H20N2O4. The van der Waals surface area contributed by atoms with Crippen LogP contribution in [0.1, 0.15) is 19.8 Å². The number of hydrogen-bond donors (Lipinski definition) is 2. The Bertz CT molecular complexity index is 283. The zero-order chi connectivity index (χ0) is 12.8. The van der Waals surface area contributed by atoms with Gasteiger partial charge in [-0.15, -0.1) is 0 Å². The van der Waals surface area contributed by atoms with Crippen LogP contribution in [0.4, 0.5) is 0 Å². The second-order valence-electron chi connectivity index (χ2n) is 4.18. The topological polar surface area (TPSA) is 92.9 Å². The van der Waals surface area contributed by atoms with Gasteiger partial charge in [-0.25, -0.2) is 4.79 Å². The molecule has 6 nitrogen and oxygen atoms in total. The molecule has 0 aromatic heterocycles. The van der Waals surface area contributed by atoms with Gasteiger partial charge in [-0.1, -0.05) is 0 Å². The van der Waals surface area contributed by atoms with Crippen molar-refractivity contribution in [3.8, 4) is 0 Å². The van der Waals surface area contributed by atoms with Crippen molar-refractivity contribution in [2.75, 3.05) is 26.3 Å². The molecule has 17 heavy (non-hydrogen) atoms. The Morgan fingerprint density at radius 3 is 2.88 bits per heavy atom. The highest BCUT2D eigenvalue weighted by Crippen LogP contribution is 2.19. The summed E-state index contributed by atoms with van der Waals surface area (Å²) in [5.74, 6) is -0.759. The lowest BCUT2D eigenvalue weighted by Gasteiger charge is -2.19. The second kappa shape index (κ2) is 6.56. The Morgan fingerprint density at radius 1 is 1.59 bits per heavy atom. The minimum absolute atomic E-state index is 0.122. The molecule has 1 amide bonds. The van der Waals surface area contributed by atoms with Gasteiger partial charge in [0.25, 0.3) is 5.91 Å². The molecule has 3 N–H and O–H groups in total. The SMILES string of the molecule is CCOC(=O)C(N)C(=O)N1CCC(CCO)C1. The molecule has 1 heterocycles. The Labute approximate surface area is 101 Å². The summed E-state index contributed by atoms with van der Waals surface area (Å²) in [6.45, 7) is 3.16. The molecular weight excluding hydrogens is 224 g/mol. The van der Waals surface area contributed by atoms with E-state index in [1.54, 1.807) is 11.8 Å². The second-order valence-corrected chi connectivity index (χ2v) is 4.18. The summed E-state index contributed by atoms with van der Waals surface area (Å²) in [6.07, 6.45) is 1.53. The molecule has 0 aliphatic carbocycles. The van der Waals surface area contributed by atoms with Crippen LogP contribution in [0, 0.1) is 5.92 Å². The number of esters is 1. The average molecular weight is 244 g/mol. The first-order valence-electron chi connectivity index (χ1n) is 5.92. The summed E-state index contributed by atoms with van der Waals surface area (Å²) in [6, 6.07) is -1.22. The fraction of sp³-hybridized carbons (Fsp3) is 0.818.